The maximum Gasteiger partial charge on any atom is 0.251 e. The van der Waals surface area contributed by atoms with Gasteiger partial charge in [-0.3, -0.25) is 9.59 Å². The van der Waals surface area contributed by atoms with Gasteiger partial charge in [-0.1, -0.05) is 61.5 Å². The molecule has 1 atom stereocenters. The van der Waals surface area contributed by atoms with Gasteiger partial charge in [-0.2, -0.15) is 0 Å². The van der Waals surface area contributed by atoms with Crippen molar-refractivity contribution in [2.75, 3.05) is 36.8 Å². The van der Waals surface area contributed by atoms with Crippen molar-refractivity contribution in [1.29, 1.82) is 0 Å². The highest BCUT2D eigenvalue weighted by Crippen LogP contribution is 2.25. The number of hydrogen-bond donors (Lipinski definition) is 1. The standard InChI is InChI=1S/C27H34N6O2S/c1-19(2)24(28-26(35)21-12-10-20(3)11-13-21)25-29-30-27(31(25)4)36-18-23(34)33-16-14-32(15-17-33)22-8-6-5-7-9-22/h5-13,19,24H,14-18H2,1-4H3,(H,28,35)/t24-/m1/s1. The average Bonchev–Trinajstić information content (AvgIpc) is 3.26. The highest BCUT2D eigenvalue weighted by atomic mass is 32.2. The van der Waals surface area contributed by atoms with Gasteiger partial charge in [0.25, 0.3) is 5.91 Å². The molecule has 36 heavy (non-hydrogen) atoms. The van der Waals surface area contributed by atoms with Crippen LogP contribution in [0.3, 0.4) is 0 Å². The molecular formula is C27H34N6O2S. The molecule has 1 N–H and O–H groups in total. The first-order valence-corrected chi connectivity index (χ1v) is 13.3. The van der Waals surface area contributed by atoms with E-state index in [0.29, 0.717) is 35.4 Å². The highest BCUT2D eigenvalue weighted by molar-refractivity contribution is 7.99. The molecule has 1 saturated heterocycles. The van der Waals surface area contributed by atoms with Crippen LogP contribution in [0.25, 0.3) is 0 Å². The van der Waals surface area contributed by atoms with E-state index >= 15 is 0 Å². The first-order chi connectivity index (χ1) is 17.3. The van der Waals surface area contributed by atoms with Gasteiger partial charge >= 0.3 is 0 Å². The topological polar surface area (TPSA) is 83.4 Å². The summed E-state index contributed by atoms with van der Waals surface area (Å²) in [7, 11) is 1.88. The van der Waals surface area contributed by atoms with Gasteiger partial charge in [-0.15, -0.1) is 10.2 Å². The molecule has 1 fully saturated rings. The minimum atomic E-state index is -0.299. The molecule has 190 valence electrons. The van der Waals surface area contributed by atoms with Crippen molar-refractivity contribution in [3.8, 4) is 0 Å². The molecule has 0 spiro atoms. The maximum absolute atomic E-state index is 12.9. The van der Waals surface area contributed by atoms with Crippen LogP contribution in [0.15, 0.2) is 59.8 Å². The summed E-state index contributed by atoms with van der Waals surface area (Å²) in [6.45, 7) is 9.14. The van der Waals surface area contributed by atoms with Crippen molar-refractivity contribution in [2.45, 2.75) is 32.0 Å². The number of piperazine rings is 1. The Morgan fingerprint density at radius 1 is 0.972 bits per heavy atom. The van der Waals surface area contributed by atoms with E-state index in [1.807, 2.05) is 79.8 Å². The second-order valence-electron chi connectivity index (χ2n) is 9.45. The van der Waals surface area contributed by atoms with Gasteiger partial charge in [0, 0.05) is 44.5 Å². The van der Waals surface area contributed by atoms with Crippen molar-refractivity contribution in [1.82, 2.24) is 25.0 Å². The molecule has 2 aromatic carbocycles. The van der Waals surface area contributed by atoms with E-state index in [-0.39, 0.29) is 23.8 Å². The Kier molecular flexibility index (Phi) is 8.30. The van der Waals surface area contributed by atoms with Crippen LogP contribution in [-0.4, -0.2) is 63.4 Å². The predicted octanol–water partition coefficient (Wildman–Crippen LogP) is 3.69. The Bertz CT molecular complexity index is 1170. The minimum Gasteiger partial charge on any atom is -0.368 e. The summed E-state index contributed by atoms with van der Waals surface area (Å²) >= 11 is 1.38. The number of benzene rings is 2. The zero-order valence-electron chi connectivity index (χ0n) is 21.3. The third-order valence-corrected chi connectivity index (χ3v) is 7.50. The summed E-state index contributed by atoms with van der Waals surface area (Å²) in [5.41, 5.74) is 2.91. The Balaban J connectivity index is 1.34. The number of hydrogen-bond acceptors (Lipinski definition) is 6. The van der Waals surface area contributed by atoms with Crippen LogP contribution in [0.2, 0.25) is 0 Å². The largest absolute Gasteiger partial charge is 0.368 e. The maximum atomic E-state index is 12.9. The van der Waals surface area contributed by atoms with E-state index in [1.165, 1.54) is 17.4 Å². The first-order valence-electron chi connectivity index (χ1n) is 12.3. The molecule has 0 saturated carbocycles. The number of para-hydroxylation sites is 1. The van der Waals surface area contributed by atoms with Crippen LogP contribution in [0.5, 0.6) is 0 Å². The van der Waals surface area contributed by atoms with Crippen molar-refractivity contribution in [3.63, 3.8) is 0 Å². The van der Waals surface area contributed by atoms with Crippen molar-refractivity contribution in [3.05, 3.63) is 71.5 Å². The fraction of sp³-hybridized carbons (Fsp3) is 0.407. The summed E-state index contributed by atoms with van der Waals surface area (Å²) in [6.07, 6.45) is 0. The lowest BCUT2D eigenvalue weighted by Gasteiger charge is -2.36. The lowest BCUT2D eigenvalue weighted by molar-refractivity contribution is -0.128. The van der Waals surface area contributed by atoms with Gasteiger partial charge in [0.15, 0.2) is 11.0 Å². The number of carbonyl (C=O) groups is 2. The number of rotatable bonds is 8. The molecular weight excluding hydrogens is 472 g/mol. The number of thioether (sulfide) groups is 1. The van der Waals surface area contributed by atoms with Crippen molar-refractivity contribution < 1.29 is 9.59 Å². The molecule has 0 radical (unpaired) electrons. The average molecular weight is 507 g/mol. The van der Waals surface area contributed by atoms with Gasteiger partial charge in [-0.05, 0) is 37.1 Å². The van der Waals surface area contributed by atoms with Gasteiger partial charge < -0.3 is 19.7 Å². The number of nitrogens with zero attached hydrogens (tertiary/aromatic N) is 5. The van der Waals surface area contributed by atoms with E-state index in [9.17, 15) is 9.59 Å². The lowest BCUT2D eigenvalue weighted by Crippen LogP contribution is -2.49. The van der Waals surface area contributed by atoms with E-state index in [0.717, 1.165) is 18.7 Å². The quantitative estimate of drug-likeness (QED) is 0.469. The molecule has 0 aliphatic carbocycles. The molecule has 1 aliphatic rings. The first kappa shape index (κ1) is 25.8. The van der Waals surface area contributed by atoms with Gasteiger partial charge in [-0.25, -0.2) is 0 Å². The van der Waals surface area contributed by atoms with Crippen LogP contribution < -0.4 is 10.2 Å². The number of amides is 2. The SMILES string of the molecule is Cc1ccc(C(=O)N[C@@H](c2nnc(SCC(=O)N3CCN(c4ccccc4)CC3)n2C)C(C)C)cc1. The summed E-state index contributed by atoms with van der Waals surface area (Å²) < 4.78 is 1.88. The van der Waals surface area contributed by atoms with Crippen LogP contribution in [0, 0.1) is 12.8 Å². The number of nitrogens with one attached hydrogen (secondary N) is 1. The van der Waals surface area contributed by atoms with Crippen molar-refractivity contribution in [2.24, 2.45) is 13.0 Å². The molecule has 0 unspecified atom stereocenters. The summed E-state index contributed by atoms with van der Waals surface area (Å²) in [6, 6.07) is 17.5. The third kappa shape index (κ3) is 6.07. The van der Waals surface area contributed by atoms with Crippen LogP contribution >= 0.6 is 11.8 Å². The van der Waals surface area contributed by atoms with Crippen molar-refractivity contribution >= 4 is 29.3 Å². The normalized spacial score (nSPS) is 14.7. The predicted molar refractivity (Wildman–Crippen MR) is 143 cm³/mol. The molecule has 0 bridgehead atoms. The van der Waals surface area contributed by atoms with Crippen LogP contribution in [0.4, 0.5) is 5.69 Å². The Hall–Kier alpha value is -3.33. The lowest BCUT2D eigenvalue weighted by atomic mass is 10.0. The number of aryl methyl sites for hydroxylation is 1. The van der Waals surface area contributed by atoms with Gasteiger partial charge in [0.05, 0.1) is 11.8 Å². The molecule has 8 nitrogen and oxygen atoms in total. The summed E-state index contributed by atoms with van der Waals surface area (Å²) in [5.74, 6) is 1.06. The molecule has 2 amide bonds. The molecule has 9 heteroatoms. The Morgan fingerprint density at radius 2 is 1.64 bits per heavy atom. The molecule has 3 aromatic rings. The number of aromatic nitrogens is 3. The van der Waals surface area contributed by atoms with Crippen LogP contribution in [-0.2, 0) is 11.8 Å². The van der Waals surface area contributed by atoms with Crippen LogP contribution in [0.1, 0.15) is 41.6 Å². The Labute approximate surface area is 217 Å². The van der Waals surface area contributed by atoms with Gasteiger partial charge in [0.2, 0.25) is 5.91 Å². The Morgan fingerprint density at radius 3 is 2.28 bits per heavy atom. The zero-order valence-corrected chi connectivity index (χ0v) is 22.2. The second kappa shape index (κ2) is 11.6. The smallest absolute Gasteiger partial charge is 0.251 e. The highest BCUT2D eigenvalue weighted by Gasteiger charge is 2.26. The molecule has 1 aliphatic heterocycles. The fourth-order valence-electron chi connectivity index (χ4n) is 4.25. The molecule has 2 heterocycles. The fourth-order valence-corrected chi connectivity index (χ4v) is 5.07. The molecule has 1 aromatic heterocycles. The minimum absolute atomic E-state index is 0.102. The van der Waals surface area contributed by atoms with Gasteiger partial charge in [0.1, 0.15) is 0 Å². The van der Waals surface area contributed by atoms with E-state index in [4.69, 9.17) is 0 Å². The second-order valence-corrected chi connectivity index (χ2v) is 10.4. The summed E-state index contributed by atoms with van der Waals surface area (Å²) in [4.78, 5) is 29.9. The third-order valence-electron chi connectivity index (χ3n) is 6.49. The number of carbonyl (C=O) groups excluding carboxylic acids is 2. The summed E-state index contributed by atoms with van der Waals surface area (Å²) in [5, 5.41) is 12.5. The monoisotopic (exact) mass is 506 g/mol. The van der Waals surface area contributed by atoms with E-state index < -0.39 is 0 Å². The van der Waals surface area contributed by atoms with E-state index in [1.54, 1.807) is 0 Å². The zero-order chi connectivity index (χ0) is 25.7. The molecule has 4 rings (SSSR count). The number of anilines is 1. The van der Waals surface area contributed by atoms with E-state index in [2.05, 4.69) is 32.5 Å².